The molecule has 1 aliphatic rings. The molecule has 0 aliphatic carbocycles. The minimum atomic E-state index is -0.117. The Labute approximate surface area is 166 Å². The molecule has 0 atom stereocenters. The van der Waals surface area contributed by atoms with Gasteiger partial charge in [0.05, 0.1) is 5.69 Å². The maximum absolute atomic E-state index is 13.0. The van der Waals surface area contributed by atoms with E-state index in [1.54, 1.807) is 4.90 Å². The van der Waals surface area contributed by atoms with Crippen LogP contribution in [0.25, 0.3) is 6.08 Å². The molecule has 3 rings (SSSR count). The van der Waals surface area contributed by atoms with Crippen molar-refractivity contribution in [2.45, 2.75) is 27.2 Å². The summed E-state index contributed by atoms with van der Waals surface area (Å²) < 4.78 is 0. The molecule has 2 aromatic rings. The fourth-order valence-corrected chi connectivity index (χ4v) is 3.61. The van der Waals surface area contributed by atoms with E-state index in [9.17, 15) is 4.79 Å². The summed E-state index contributed by atoms with van der Waals surface area (Å²) in [5, 5.41) is 3.49. The van der Waals surface area contributed by atoms with Crippen molar-refractivity contribution in [3.05, 3.63) is 65.4 Å². The van der Waals surface area contributed by atoms with Gasteiger partial charge in [-0.15, -0.1) is 0 Å². The van der Waals surface area contributed by atoms with Crippen molar-refractivity contribution in [2.75, 3.05) is 22.9 Å². The summed E-state index contributed by atoms with van der Waals surface area (Å²) in [6.45, 7) is 8.30. The Morgan fingerprint density at radius 2 is 1.70 bits per heavy atom. The number of hydrogen-bond donors (Lipinski definition) is 1. The number of carbonyl (C=O) groups excluding carboxylic acids is 1. The summed E-state index contributed by atoms with van der Waals surface area (Å²) in [5.74, 6) is -0.117. The van der Waals surface area contributed by atoms with Gasteiger partial charge in [-0.2, -0.15) is 0 Å². The molecule has 0 spiro atoms. The monoisotopic (exact) mass is 379 g/mol. The topological polar surface area (TPSA) is 35.6 Å². The summed E-state index contributed by atoms with van der Waals surface area (Å²) in [7, 11) is 0. The van der Waals surface area contributed by atoms with Gasteiger partial charge in [0.25, 0.3) is 5.91 Å². The largest absolute Gasteiger partial charge is 0.372 e. The average molecular weight is 380 g/mol. The van der Waals surface area contributed by atoms with Gasteiger partial charge in [0, 0.05) is 18.8 Å². The number of nitrogens with zero attached hydrogens (tertiary/aromatic N) is 2. The van der Waals surface area contributed by atoms with Crippen LogP contribution in [0.3, 0.4) is 0 Å². The fraction of sp³-hybridized carbons (Fsp3) is 0.273. The quantitative estimate of drug-likeness (QED) is 0.598. The minimum absolute atomic E-state index is 0.117. The van der Waals surface area contributed by atoms with E-state index >= 15 is 0 Å². The second kappa shape index (κ2) is 8.35. The number of hydrogen-bond acceptors (Lipinski definition) is 3. The molecule has 4 nitrogen and oxygen atoms in total. The average Bonchev–Trinajstić information content (AvgIpc) is 2.97. The molecule has 0 saturated carbocycles. The predicted molar refractivity (Wildman–Crippen MR) is 117 cm³/mol. The molecule has 0 aromatic heterocycles. The van der Waals surface area contributed by atoms with Crippen LogP contribution in [-0.2, 0) is 11.2 Å². The van der Waals surface area contributed by atoms with E-state index in [-0.39, 0.29) is 5.91 Å². The van der Waals surface area contributed by atoms with Gasteiger partial charge in [0.2, 0.25) is 0 Å². The molecular weight excluding hydrogens is 354 g/mol. The summed E-state index contributed by atoms with van der Waals surface area (Å²) in [4.78, 5) is 16.8. The highest BCUT2D eigenvalue weighted by molar-refractivity contribution is 7.80. The third-order valence-electron chi connectivity index (χ3n) is 4.82. The number of carbonyl (C=O) groups is 1. The zero-order chi connectivity index (χ0) is 19.4. The molecule has 0 unspecified atom stereocenters. The van der Waals surface area contributed by atoms with Gasteiger partial charge < -0.3 is 10.2 Å². The molecule has 140 valence electrons. The van der Waals surface area contributed by atoms with Crippen LogP contribution in [0.5, 0.6) is 0 Å². The third kappa shape index (κ3) is 3.88. The Kier molecular flexibility index (Phi) is 5.91. The lowest BCUT2D eigenvalue weighted by atomic mass is 10.1. The number of aryl methyl sites for hydroxylation is 1. The van der Waals surface area contributed by atoms with Crippen molar-refractivity contribution in [3.8, 4) is 0 Å². The first kappa shape index (κ1) is 19.1. The number of benzene rings is 2. The Morgan fingerprint density at radius 1 is 1.04 bits per heavy atom. The zero-order valence-electron chi connectivity index (χ0n) is 16.0. The van der Waals surface area contributed by atoms with E-state index in [1.165, 1.54) is 5.69 Å². The van der Waals surface area contributed by atoms with Crippen molar-refractivity contribution in [1.82, 2.24) is 5.32 Å². The van der Waals surface area contributed by atoms with Gasteiger partial charge in [0.15, 0.2) is 5.11 Å². The van der Waals surface area contributed by atoms with E-state index in [1.807, 2.05) is 42.5 Å². The molecule has 2 aromatic carbocycles. The molecule has 27 heavy (non-hydrogen) atoms. The third-order valence-corrected chi connectivity index (χ3v) is 5.11. The maximum atomic E-state index is 13.0. The highest BCUT2D eigenvalue weighted by Gasteiger charge is 2.32. The van der Waals surface area contributed by atoms with Gasteiger partial charge in [-0.3, -0.25) is 9.69 Å². The number of amides is 1. The lowest BCUT2D eigenvalue weighted by Gasteiger charge is -2.20. The Bertz CT molecular complexity index is 869. The maximum Gasteiger partial charge on any atom is 0.281 e. The lowest BCUT2D eigenvalue weighted by molar-refractivity contribution is -0.113. The van der Waals surface area contributed by atoms with Crippen LogP contribution in [0.2, 0.25) is 0 Å². The van der Waals surface area contributed by atoms with Crippen LogP contribution in [0, 0.1) is 0 Å². The Morgan fingerprint density at radius 3 is 2.33 bits per heavy atom. The van der Waals surface area contributed by atoms with Crippen LogP contribution >= 0.6 is 12.2 Å². The first-order valence-corrected chi connectivity index (χ1v) is 9.79. The van der Waals surface area contributed by atoms with E-state index < -0.39 is 0 Å². The van der Waals surface area contributed by atoms with Crippen molar-refractivity contribution >= 4 is 40.7 Å². The highest BCUT2D eigenvalue weighted by atomic mass is 32.1. The number of thiocarbonyl (C=S) groups is 1. The summed E-state index contributed by atoms with van der Waals surface area (Å²) in [5.41, 5.74) is 4.60. The van der Waals surface area contributed by atoms with Crippen LogP contribution in [0.4, 0.5) is 11.4 Å². The molecule has 0 bridgehead atoms. The zero-order valence-corrected chi connectivity index (χ0v) is 16.8. The first-order valence-electron chi connectivity index (χ1n) is 9.39. The van der Waals surface area contributed by atoms with Crippen LogP contribution in [-0.4, -0.2) is 24.1 Å². The SMILES string of the molecule is CCc1ccccc1N1C(=O)/C(=C\c2ccc(N(CC)CC)cc2)NC1=S. The molecule has 1 aliphatic heterocycles. The fourth-order valence-electron chi connectivity index (χ4n) is 3.32. The van der Waals surface area contributed by atoms with Crippen molar-refractivity contribution in [3.63, 3.8) is 0 Å². The molecule has 1 saturated heterocycles. The van der Waals surface area contributed by atoms with Crippen molar-refractivity contribution < 1.29 is 4.79 Å². The Balaban J connectivity index is 1.86. The highest BCUT2D eigenvalue weighted by Crippen LogP contribution is 2.26. The van der Waals surface area contributed by atoms with E-state index in [4.69, 9.17) is 12.2 Å². The van der Waals surface area contributed by atoms with Gasteiger partial charge in [-0.25, -0.2) is 0 Å². The molecule has 1 amide bonds. The van der Waals surface area contributed by atoms with E-state index in [0.717, 1.165) is 36.3 Å². The second-order valence-electron chi connectivity index (χ2n) is 6.37. The smallest absolute Gasteiger partial charge is 0.281 e. The Hall–Kier alpha value is -2.66. The number of para-hydroxylation sites is 1. The van der Waals surface area contributed by atoms with Crippen molar-refractivity contribution in [2.24, 2.45) is 0 Å². The number of anilines is 2. The van der Waals surface area contributed by atoms with E-state index in [2.05, 4.69) is 43.1 Å². The molecule has 5 heteroatoms. The standard InChI is InChI=1S/C22H25N3OS/c1-4-17-9-7-8-10-20(17)25-21(26)19(23-22(25)27)15-16-11-13-18(14-12-16)24(5-2)6-3/h7-15H,4-6H2,1-3H3,(H,23,27)/b19-15+. The van der Waals surface area contributed by atoms with Crippen LogP contribution in [0.15, 0.2) is 54.2 Å². The van der Waals surface area contributed by atoms with Gasteiger partial charge in [-0.05, 0) is 67.9 Å². The summed E-state index contributed by atoms with van der Waals surface area (Å²) in [6.07, 6.45) is 2.70. The molecule has 1 fully saturated rings. The van der Waals surface area contributed by atoms with E-state index in [0.29, 0.717) is 10.8 Å². The molecular formula is C22H25N3OS. The second-order valence-corrected chi connectivity index (χ2v) is 6.76. The number of nitrogens with one attached hydrogen (secondary N) is 1. The summed E-state index contributed by atoms with van der Waals surface area (Å²) >= 11 is 5.43. The molecule has 0 radical (unpaired) electrons. The normalized spacial score (nSPS) is 15.4. The van der Waals surface area contributed by atoms with Gasteiger partial charge in [-0.1, -0.05) is 37.3 Å². The molecule has 1 N–H and O–H groups in total. The van der Waals surface area contributed by atoms with Crippen molar-refractivity contribution in [1.29, 1.82) is 0 Å². The van der Waals surface area contributed by atoms with Crippen LogP contribution < -0.4 is 15.1 Å². The van der Waals surface area contributed by atoms with Gasteiger partial charge in [0.1, 0.15) is 5.70 Å². The minimum Gasteiger partial charge on any atom is -0.372 e. The summed E-state index contributed by atoms with van der Waals surface area (Å²) in [6, 6.07) is 16.1. The molecule has 1 heterocycles. The first-order chi connectivity index (χ1) is 13.1. The predicted octanol–water partition coefficient (Wildman–Crippen LogP) is 4.36. The lowest BCUT2D eigenvalue weighted by Crippen LogP contribution is -2.31. The van der Waals surface area contributed by atoms with Crippen LogP contribution in [0.1, 0.15) is 31.9 Å². The number of rotatable bonds is 6. The van der Waals surface area contributed by atoms with Gasteiger partial charge >= 0.3 is 0 Å².